The Kier molecular flexibility index (Phi) is 5.60. The van der Waals surface area contributed by atoms with Gasteiger partial charge in [-0.15, -0.1) is 0 Å². The molecule has 1 aromatic heterocycles. The first-order valence-electron chi connectivity index (χ1n) is 11.2. The van der Waals surface area contributed by atoms with Crippen molar-refractivity contribution in [2.24, 2.45) is 0 Å². The molecule has 5 rings (SSSR count). The van der Waals surface area contributed by atoms with Crippen molar-refractivity contribution in [2.45, 2.75) is 64.1 Å². The molecule has 0 spiro atoms. The third-order valence-corrected chi connectivity index (χ3v) is 6.86. The van der Waals surface area contributed by atoms with Crippen LogP contribution in [-0.2, 0) is 19.9 Å². The number of nitrogens with zero attached hydrogens (tertiary/aromatic N) is 2. The van der Waals surface area contributed by atoms with E-state index in [1.807, 2.05) is 19.9 Å². The Morgan fingerprint density at radius 2 is 2.10 bits per heavy atom. The topological polar surface area (TPSA) is 74.8 Å². The number of nitrogens with one attached hydrogen (secondary N) is 1. The third kappa shape index (κ3) is 3.44. The Balaban J connectivity index is 0.00000112. The molecule has 0 bridgehead atoms. The van der Waals surface area contributed by atoms with E-state index in [2.05, 4.69) is 29.0 Å². The summed E-state index contributed by atoms with van der Waals surface area (Å²) in [4.78, 5) is 30.4. The molecule has 1 N–H and O–H groups in total. The second-order valence-electron chi connectivity index (χ2n) is 8.54. The molecule has 3 saturated heterocycles. The van der Waals surface area contributed by atoms with E-state index in [4.69, 9.17) is 4.74 Å². The molecule has 2 amide bonds. The molecule has 3 aliphatic rings. The van der Waals surface area contributed by atoms with Gasteiger partial charge in [-0.05, 0) is 44.0 Å². The molecular weight excluding hydrogens is 397 g/mol. The highest BCUT2D eigenvalue weighted by Gasteiger charge is 2.70. The smallest absolute Gasteiger partial charge is 0.234 e. The van der Waals surface area contributed by atoms with Gasteiger partial charge < -0.3 is 9.64 Å². The number of carbonyl (C=O) groups is 2. The largest absolute Gasteiger partial charge is 0.356 e. The number of epoxide rings is 1. The molecule has 1 aromatic carbocycles. The van der Waals surface area contributed by atoms with Crippen molar-refractivity contribution < 1.29 is 18.7 Å². The minimum atomic E-state index is -0.596. The molecule has 4 heterocycles. The molecule has 166 valence electrons. The molecule has 3 aliphatic heterocycles. The van der Waals surface area contributed by atoms with Crippen LogP contribution in [0.25, 0.3) is 10.9 Å². The minimum absolute atomic E-state index is 0.267. The number of piperidine rings is 2. The Bertz CT molecular complexity index is 1040. The van der Waals surface area contributed by atoms with Gasteiger partial charge in [0.15, 0.2) is 0 Å². The van der Waals surface area contributed by atoms with Crippen LogP contribution < -0.4 is 5.32 Å². The van der Waals surface area contributed by atoms with Gasteiger partial charge in [-0.1, -0.05) is 26.8 Å². The standard InChI is InChI=1S/C22H24FN3O3.C2H6/c1-3-26-9-8-22(21(2,12-26)29-22)16-5-6-17-15(19(16)23)10-13(11-24-17)14-4-7-18(27)25-20(14)28;1-2/h5-6,10-11,14H,3-4,7-9,12H2,1-2H3,(H,25,27,28);1-2H3. The Morgan fingerprint density at radius 3 is 2.77 bits per heavy atom. The second kappa shape index (κ2) is 7.95. The molecule has 3 fully saturated rings. The lowest BCUT2D eigenvalue weighted by Gasteiger charge is -2.32. The summed E-state index contributed by atoms with van der Waals surface area (Å²) >= 11 is 0. The molecule has 2 aromatic rings. The number of likely N-dealkylation sites (N-methyl/N-ethyl adjacent to an activating group) is 1. The fourth-order valence-electron chi connectivity index (χ4n) is 5.09. The summed E-state index contributed by atoms with van der Waals surface area (Å²) in [6.45, 7) is 10.8. The van der Waals surface area contributed by atoms with E-state index >= 15 is 4.39 Å². The number of imide groups is 1. The molecule has 0 radical (unpaired) electrons. The van der Waals surface area contributed by atoms with E-state index in [1.54, 1.807) is 18.3 Å². The zero-order chi connectivity index (χ0) is 22.4. The van der Waals surface area contributed by atoms with Crippen molar-refractivity contribution >= 4 is 22.7 Å². The van der Waals surface area contributed by atoms with Crippen LogP contribution in [0, 0.1) is 5.82 Å². The lowest BCUT2D eigenvalue weighted by molar-refractivity contribution is -0.134. The number of amides is 2. The predicted molar refractivity (Wildman–Crippen MR) is 116 cm³/mol. The number of hydrogen-bond donors (Lipinski definition) is 1. The van der Waals surface area contributed by atoms with Gasteiger partial charge in [0.25, 0.3) is 0 Å². The van der Waals surface area contributed by atoms with Gasteiger partial charge in [-0.2, -0.15) is 0 Å². The van der Waals surface area contributed by atoms with Gasteiger partial charge in [0.1, 0.15) is 17.0 Å². The number of rotatable bonds is 3. The number of likely N-dealkylation sites (tertiary alicyclic amines) is 1. The van der Waals surface area contributed by atoms with Crippen LogP contribution >= 0.6 is 0 Å². The fraction of sp³-hybridized carbons (Fsp3) is 0.542. The molecule has 31 heavy (non-hydrogen) atoms. The number of halogens is 1. The number of fused-ring (bicyclic) bond motifs is 2. The van der Waals surface area contributed by atoms with Gasteiger partial charge in [0, 0.05) is 36.7 Å². The van der Waals surface area contributed by atoms with Crippen LogP contribution in [0.1, 0.15) is 64.0 Å². The Hall–Kier alpha value is -2.38. The molecule has 0 saturated carbocycles. The maximum Gasteiger partial charge on any atom is 0.234 e. The maximum atomic E-state index is 15.7. The van der Waals surface area contributed by atoms with Crippen LogP contribution in [0.2, 0.25) is 0 Å². The average molecular weight is 428 g/mol. The van der Waals surface area contributed by atoms with E-state index in [0.29, 0.717) is 28.5 Å². The Morgan fingerprint density at radius 1 is 1.32 bits per heavy atom. The zero-order valence-electron chi connectivity index (χ0n) is 18.6. The van der Waals surface area contributed by atoms with Gasteiger partial charge in [0.2, 0.25) is 11.8 Å². The quantitative estimate of drug-likeness (QED) is 0.598. The van der Waals surface area contributed by atoms with Crippen molar-refractivity contribution in [3.05, 3.63) is 41.3 Å². The van der Waals surface area contributed by atoms with Crippen LogP contribution in [0.15, 0.2) is 24.4 Å². The maximum absolute atomic E-state index is 15.7. The first-order chi connectivity index (χ1) is 14.9. The molecule has 6 nitrogen and oxygen atoms in total. The van der Waals surface area contributed by atoms with Gasteiger partial charge in [-0.3, -0.25) is 19.9 Å². The summed E-state index contributed by atoms with van der Waals surface area (Å²) in [7, 11) is 0. The van der Waals surface area contributed by atoms with E-state index < -0.39 is 11.5 Å². The highest BCUT2D eigenvalue weighted by atomic mass is 19.1. The fourth-order valence-corrected chi connectivity index (χ4v) is 5.09. The first-order valence-corrected chi connectivity index (χ1v) is 11.2. The van der Waals surface area contributed by atoms with Crippen molar-refractivity contribution in [3.8, 4) is 0 Å². The Labute approximate surface area is 182 Å². The predicted octanol–water partition coefficient (Wildman–Crippen LogP) is 3.63. The molecular formula is C24H30FN3O3. The van der Waals surface area contributed by atoms with Crippen LogP contribution in [0.3, 0.4) is 0 Å². The molecule has 3 atom stereocenters. The van der Waals surface area contributed by atoms with Gasteiger partial charge in [-0.25, -0.2) is 4.39 Å². The molecule has 0 aliphatic carbocycles. The second-order valence-corrected chi connectivity index (χ2v) is 8.54. The van der Waals surface area contributed by atoms with Crippen LogP contribution in [-0.4, -0.2) is 46.9 Å². The number of hydrogen-bond acceptors (Lipinski definition) is 5. The van der Waals surface area contributed by atoms with E-state index in [1.165, 1.54) is 0 Å². The SMILES string of the molecule is CC.CCN1CCC2(c3ccc4ncc(C5CCC(=O)NC5=O)cc4c3F)OC2(C)C1. The monoisotopic (exact) mass is 427 g/mol. The number of aromatic nitrogens is 1. The summed E-state index contributed by atoms with van der Waals surface area (Å²) in [5, 5.41) is 2.75. The number of benzene rings is 1. The number of ether oxygens (including phenoxy) is 1. The summed E-state index contributed by atoms with van der Waals surface area (Å²) < 4.78 is 21.9. The van der Waals surface area contributed by atoms with E-state index in [-0.39, 0.29) is 29.7 Å². The lowest BCUT2D eigenvalue weighted by Crippen LogP contribution is -2.44. The third-order valence-electron chi connectivity index (χ3n) is 6.86. The zero-order valence-corrected chi connectivity index (χ0v) is 18.6. The van der Waals surface area contributed by atoms with Crippen molar-refractivity contribution in [1.82, 2.24) is 15.2 Å². The van der Waals surface area contributed by atoms with Crippen LogP contribution in [0.4, 0.5) is 4.39 Å². The van der Waals surface area contributed by atoms with E-state index in [0.717, 1.165) is 26.1 Å². The molecule has 3 unspecified atom stereocenters. The van der Waals surface area contributed by atoms with Gasteiger partial charge in [0.05, 0.1) is 11.4 Å². The summed E-state index contributed by atoms with van der Waals surface area (Å²) in [6.07, 6.45) is 3.05. The van der Waals surface area contributed by atoms with Gasteiger partial charge >= 0.3 is 0 Å². The number of pyridine rings is 1. The van der Waals surface area contributed by atoms with Crippen molar-refractivity contribution in [2.75, 3.05) is 19.6 Å². The van der Waals surface area contributed by atoms with E-state index in [9.17, 15) is 9.59 Å². The minimum Gasteiger partial charge on any atom is -0.356 e. The number of carbonyl (C=O) groups excluding carboxylic acids is 2. The van der Waals surface area contributed by atoms with Crippen molar-refractivity contribution in [3.63, 3.8) is 0 Å². The van der Waals surface area contributed by atoms with Crippen LogP contribution in [0.5, 0.6) is 0 Å². The first kappa shape index (κ1) is 21.8. The molecule has 7 heteroatoms. The highest BCUT2D eigenvalue weighted by Crippen LogP contribution is 2.61. The summed E-state index contributed by atoms with van der Waals surface area (Å²) in [5.41, 5.74) is 0.778. The summed E-state index contributed by atoms with van der Waals surface area (Å²) in [5.74, 6) is -1.42. The van der Waals surface area contributed by atoms with Crippen molar-refractivity contribution in [1.29, 1.82) is 0 Å². The lowest BCUT2D eigenvalue weighted by atomic mass is 9.80. The average Bonchev–Trinajstić information content (AvgIpc) is 3.41. The summed E-state index contributed by atoms with van der Waals surface area (Å²) in [6, 6.07) is 5.33. The highest BCUT2D eigenvalue weighted by molar-refractivity contribution is 6.01. The normalized spacial score (nSPS) is 30.3.